The highest BCUT2D eigenvalue weighted by molar-refractivity contribution is 6.07. The van der Waals surface area contributed by atoms with Gasteiger partial charge in [0.15, 0.2) is 11.6 Å². The number of amides is 2. The van der Waals surface area contributed by atoms with E-state index in [4.69, 9.17) is 14.8 Å². The molecular formula is C31H41N9O3. The first-order valence-corrected chi connectivity index (χ1v) is 15.7. The quantitative estimate of drug-likeness (QED) is 0.316. The number of anilines is 2. The minimum absolute atomic E-state index is 0.0165. The Bertz CT molecular complexity index is 1690. The van der Waals surface area contributed by atoms with E-state index in [-0.39, 0.29) is 24.0 Å². The van der Waals surface area contributed by atoms with Gasteiger partial charge in [0.25, 0.3) is 5.91 Å². The van der Waals surface area contributed by atoms with E-state index in [9.17, 15) is 9.59 Å². The number of morpholine rings is 1. The molecule has 1 saturated heterocycles. The molecule has 0 radical (unpaired) electrons. The van der Waals surface area contributed by atoms with Crippen LogP contribution in [-0.2, 0) is 36.1 Å². The van der Waals surface area contributed by atoms with Gasteiger partial charge in [0, 0.05) is 62.5 Å². The standard InChI is InChI=1S/C31H41N9O3/c1-6-38-22(13-26(41)40(20-8-9-20)21-10-11-21)12-23-28-27(32-17-36(28)5)29(34-30(23)38)33-25-14-24(39(7-2)35-25)31(42)37-15-18(3)43-19(4)16-37/h12,14,17-21H,6-11,13,15-16H2,1-5H3,(H,33,34,35)/t18-,19+. The zero-order valence-corrected chi connectivity index (χ0v) is 25.7. The molecule has 1 N–H and O–H groups in total. The first kappa shape index (κ1) is 27.9. The molecule has 0 bridgehead atoms. The van der Waals surface area contributed by atoms with Crippen molar-refractivity contribution < 1.29 is 14.3 Å². The van der Waals surface area contributed by atoms with Gasteiger partial charge in [-0.3, -0.25) is 14.3 Å². The predicted molar refractivity (Wildman–Crippen MR) is 163 cm³/mol. The van der Waals surface area contributed by atoms with Crippen molar-refractivity contribution in [1.82, 2.24) is 38.7 Å². The number of pyridine rings is 1. The van der Waals surface area contributed by atoms with E-state index < -0.39 is 0 Å². The second-order valence-electron chi connectivity index (χ2n) is 12.4. The van der Waals surface area contributed by atoms with Gasteiger partial charge in [-0.1, -0.05) is 0 Å². The van der Waals surface area contributed by atoms with E-state index in [1.54, 1.807) is 17.1 Å². The lowest BCUT2D eigenvalue weighted by Crippen LogP contribution is -2.48. The fourth-order valence-corrected chi connectivity index (χ4v) is 6.73. The van der Waals surface area contributed by atoms with E-state index in [1.807, 2.05) is 37.3 Å². The molecule has 43 heavy (non-hydrogen) atoms. The maximum Gasteiger partial charge on any atom is 0.272 e. The van der Waals surface area contributed by atoms with Crippen LogP contribution in [0, 0.1) is 0 Å². The van der Waals surface area contributed by atoms with Crippen LogP contribution in [0.15, 0.2) is 18.5 Å². The maximum absolute atomic E-state index is 13.6. The molecule has 4 aromatic rings. The van der Waals surface area contributed by atoms with Crippen LogP contribution in [0.3, 0.4) is 0 Å². The van der Waals surface area contributed by atoms with Crippen LogP contribution in [-0.4, -0.2) is 87.9 Å². The van der Waals surface area contributed by atoms with Crippen molar-refractivity contribution in [3.63, 3.8) is 0 Å². The van der Waals surface area contributed by atoms with Crippen molar-refractivity contribution in [2.45, 2.75) is 97.2 Å². The number of nitrogens with one attached hydrogen (secondary N) is 1. The lowest BCUT2D eigenvalue weighted by Gasteiger charge is -2.35. The first-order valence-electron chi connectivity index (χ1n) is 15.7. The smallest absolute Gasteiger partial charge is 0.272 e. The van der Waals surface area contributed by atoms with Crippen molar-refractivity contribution in [2.24, 2.45) is 7.05 Å². The van der Waals surface area contributed by atoms with Crippen LogP contribution in [0.4, 0.5) is 11.6 Å². The highest BCUT2D eigenvalue weighted by Crippen LogP contribution is 2.38. The molecule has 12 heteroatoms. The van der Waals surface area contributed by atoms with E-state index in [1.165, 1.54) is 0 Å². The molecule has 228 valence electrons. The predicted octanol–water partition coefficient (Wildman–Crippen LogP) is 3.85. The summed E-state index contributed by atoms with van der Waals surface area (Å²) in [5.41, 5.74) is 3.96. The molecule has 5 heterocycles. The number of fused-ring (bicyclic) bond motifs is 3. The Hall–Kier alpha value is -3.93. The molecule has 4 aromatic heterocycles. The Morgan fingerprint density at radius 1 is 1.05 bits per heavy atom. The summed E-state index contributed by atoms with van der Waals surface area (Å²) >= 11 is 0. The van der Waals surface area contributed by atoms with Gasteiger partial charge in [0.05, 0.1) is 30.5 Å². The van der Waals surface area contributed by atoms with Crippen LogP contribution in [0.1, 0.15) is 69.6 Å². The molecule has 3 fully saturated rings. The number of aryl methyl sites for hydroxylation is 3. The number of carbonyl (C=O) groups is 2. The zero-order chi connectivity index (χ0) is 30.0. The first-order chi connectivity index (χ1) is 20.7. The summed E-state index contributed by atoms with van der Waals surface area (Å²) in [4.78, 5) is 40.8. The summed E-state index contributed by atoms with van der Waals surface area (Å²) in [6.07, 6.45) is 6.61. The van der Waals surface area contributed by atoms with Crippen molar-refractivity contribution >= 4 is 45.5 Å². The van der Waals surface area contributed by atoms with Crippen LogP contribution in [0.2, 0.25) is 0 Å². The van der Waals surface area contributed by atoms with Gasteiger partial charge >= 0.3 is 0 Å². The molecule has 12 nitrogen and oxygen atoms in total. The average molecular weight is 588 g/mol. The molecule has 2 amide bonds. The molecule has 7 rings (SSSR count). The SMILES string of the molecule is CCn1nc(Nc2nc3c(cc(CC(=O)N(C4CC4)C4CC4)n3CC)c3c2ncn3C)cc1C(=O)N1C[C@@H](C)O[C@@H](C)C1. The Morgan fingerprint density at radius 3 is 2.37 bits per heavy atom. The molecule has 1 aliphatic heterocycles. The third-order valence-electron chi connectivity index (χ3n) is 8.86. The second-order valence-corrected chi connectivity index (χ2v) is 12.4. The summed E-state index contributed by atoms with van der Waals surface area (Å²) in [5, 5.41) is 9.08. The van der Waals surface area contributed by atoms with Crippen LogP contribution < -0.4 is 5.32 Å². The van der Waals surface area contributed by atoms with Gasteiger partial charge in [0.1, 0.15) is 16.9 Å². The number of nitrogens with zero attached hydrogens (tertiary/aromatic N) is 8. The van der Waals surface area contributed by atoms with E-state index in [2.05, 4.69) is 32.8 Å². The highest BCUT2D eigenvalue weighted by Gasteiger charge is 2.42. The third kappa shape index (κ3) is 5.05. The number of aromatic nitrogens is 6. The molecule has 0 aromatic carbocycles. The summed E-state index contributed by atoms with van der Waals surface area (Å²) < 4.78 is 11.7. The summed E-state index contributed by atoms with van der Waals surface area (Å²) in [7, 11) is 1.97. The van der Waals surface area contributed by atoms with Crippen molar-refractivity contribution in [3.05, 3.63) is 29.8 Å². The summed E-state index contributed by atoms with van der Waals surface area (Å²) in [6.45, 7) is 10.4. The van der Waals surface area contributed by atoms with Gasteiger partial charge in [-0.2, -0.15) is 5.10 Å². The van der Waals surface area contributed by atoms with Gasteiger partial charge in [0.2, 0.25) is 5.91 Å². The Balaban J connectivity index is 1.23. The molecule has 2 aliphatic carbocycles. The zero-order valence-electron chi connectivity index (χ0n) is 25.7. The van der Waals surface area contributed by atoms with E-state index in [0.29, 0.717) is 67.5 Å². The Labute approximate surface area is 251 Å². The summed E-state index contributed by atoms with van der Waals surface area (Å²) in [6, 6.07) is 4.76. The topological polar surface area (TPSA) is 115 Å². The largest absolute Gasteiger partial charge is 0.372 e. The fraction of sp³-hybridized carbons (Fsp3) is 0.581. The van der Waals surface area contributed by atoms with Crippen LogP contribution in [0.5, 0.6) is 0 Å². The van der Waals surface area contributed by atoms with Crippen LogP contribution >= 0.6 is 0 Å². The molecule has 2 saturated carbocycles. The Morgan fingerprint density at radius 2 is 1.74 bits per heavy atom. The normalized spacial score (nSPS) is 20.7. The summed E-state index contributed by atoms with van der Waals surface area (Å²) in [5.74, 6) is 1.26. The van der Waals surface area contributed by atoms with E-state index >= 15 is 0 Å². The van der Waals surface area contributed by atoms with Gasteiger partial charge in [-0.05, 0) is 59.4 Å². The monoisotopic (exact) mass is 587 g/mol. The van der Waals surface area contributed by atoms with Gasteiger partial charge in [-0.15, -0.1) is 0 Å². The van der Waals surface area contributed by atoms with Crippen LogP contribution in [0.25, 0.3) is 22.1 Å². The minimum atomic E-state index is -0.0589. The van der Waals surface area contributed by atoms with Gasteiger partial charge in [-0.25, -0.2) is 9.97 Å². The molecule has 3 aliphatic rings. The molecule has 0 unspecified atom stereocenters. The number of imidazole rings is 1. The van der Waals surface area contributed by atoms with Gasteiger partial charge < -0.3 is 29.0 Å². The van der Waals surface area contributed by atoms with E-state index in [0.717, 1.165) is 47.9 Å². The number of ether oxygens (including phenoxy) is 1. The fourth-order valence-electron chi connectivity index (χ4n) is 6.73. The molecule has 2 atom stereocenters. The average Bonchev–Trinajstić information content (AvgIpc) is 3.88. The lowest BCUT2D eigenvalue weighted by molar-refractivity contribution is -0.131. The number of hydrogen-bond donors (Lipinski definition) is 1. The second kappa shape index (κ2) is 10.7. The molecular weight excluding hydrogens is 546 g/mol. The highest BCUT2D eigenvalue weighted by atomic mass is 16.5. The Kier molecular flexibility index (Phi) is 6.91. The molecule has 0 spiro atoms. The minimum Gasteiger partial charge on any atom is -0.372 e. The lowest BCUT2D eigenvalue weighted by atomic mass is 10.2. The number of carbonyl (C=O) groups excluding carboxylic acids is 2. The maximum atomic E-state index is 13.6. The van der Waals surface area contributed by atoms with Crippen molar-refractivity contribution in [2.75, 3.05) is 18.4 Å². The number of hydrogen-bond acceptors (Lipinski definition) is 7. The third-order valence-corrected chi connectivity index (χ3v) is 8.86. The number of rotatable bonds is 9. The van der Waals surface area contributed by atoms with Crippen molar-refractivity contribution in [3.8, 4) is 0 Å². The van der Waals surface area contributed by atoms with Crippen molar-refractivity contribution in [1.29, 1.82) is 0 Å².